The van der Waals surface area contributed by atoms with Gasteiger partial charge in [0.1, 0.15) is 6.54 Å². The predicted molar refractivity (Wildman–Crippen MR) is 115 cm³/mol. The topological polar surface area (TPSA) is 107 Å². The molecule has 1 N–H and O–H groups in total. The van der Waals surface area contributed by atoms with Gasteiger partial charge in [-0.05, 0) is 31.8 Å². The molecule has 3 aromatic rings. The van der Waals surface area contributed by atoms with Crippen molar-refractivity contribution in [1.82, 2.24) is 28.6 Å². The van der Waals surface area contributed by atoms with Crippen molar-refractivity contribution in [1.29, 1.82) is 0 Å². The minimum atomic E-state index is -0.583. The Bertz CT molecular complexity index is 1200. The highest BCUT2D eigenvalue weighted by molar-refractivity contribution is 7.13. The van der Waals surface area contributed by atoms with Gasteiger partial charge in [-0.2, -0.15) is 0 Å². The summed E-state index contributed by atoms with van der Waals surface area (Å²) in [5.41, 5.74) is 0.357. The molecule has 1 fully saturated rings. The number of hydrogen-bond donors (Lipinski definition) is 1. The van der Waals surface area contributed by atoms with Gasteiger partial charge in [-0.1, -0.05) is 6.92 Å². The molecule has 3 aromatic heterocycles. The molecule has 1 aliphatic rings. The zero-order valence-electron chi connectivity index (χ0n) is 17.3. The SMILES string of the molecule is CC1CCN(Cc2csc(NC(=O)Cn3c(=O)c4c(ncn4C)n(C)c3=O)n2)CC1. The number of likely N-dealkylation sites (tertiary alicyclic amines) is 1. The molecule has 1 aliphatic heterocycles. The maximum absolute atomic E-state index is 12.7. The number of amides is 1. The summed E-state index contributed by atoms with van der Waals surface area (Å²) in [4.78, 5) is 48.7. The number of rotatable bonds is 5. The lowest BCUT2D eigenvalue weighted by Crippen LogP contribution is -2.42. The molecule has 4 heterocycles. The lowest BCUT2D eigenvalue weighted by Gasteiger charge is -2.29. The third-order valence-corrected chi connectivity index (χ3v) is 6.37. The first kappa shape index (κ1) is 20.5. The molecule has 0 aromatic carbocycles. The van der Waals surface area contributed by atoms with Gasteiger partial charge in [0.25, 0.3) is 5.56 Å². The summed E-state index contributed by atoms with van der Waals surface area (Å²) in [7, 11) is 3.20. The standard InChI is InChI=1S/C19H25N7O3S/c1-12-4-6-25(7-5-12)8-13-10-30-18(21-13)22-14(27)9-26-17(28)15-16(20-11-23(15)2)24(3)19(26)29/h10-12H,4-9H2,1-3H3,(H,21,22,27). The number of carbonyl (C=O) groups is 1. The number of fused-ring (bicyclic) bond motifs is 1. The summed E-state index contributed by atoms with van der Waals surface area (Å²) in [5, 5.41) is 5.10. The number of imidazole rings is 1. The molecule has 0 atom stereocenters. The lowest BCUT2D eigenvalue weighted by atomic mass is 9.99. The Balaban J connectivity index is 1.46. The van der Waals surface area contributed by atoms with E-state index < -0.39 is 17.2 Å². The second-order valence-corrected chi connectivity index (χ2v) is 8.77. The lowest BCUT2D eigenvalue weighted by molar-refractivity contribution is -0.116. The first-order chi connectivity index (χ1) is 14.3. The summed E-state index contributed by atoms with van der Waals surface area (Å²) in [6.45, 7) is 4.77. The van der Waals surface area contributed by atoms with Gasteiger partial charge in [0, 0.05) is 26.0 Å². The highest BCUT2D eigenvalue weighted by Crippen LogP contribution is 2.21. The molecule has 1 saturated heterocycles. The molecule has 11 heteroatoms. The van der Waals surface area contributed by atoms with Crippen LogP contribution in [-0.4, -0.2) is 47.6 Å². The number of hydrogen-bond acceptors (Lipinski definition) is 7. The number of carbonyl (C=O) groups excluding carboxylic acids is 1. The van der Waals surface area contributed by atoms with Gasteiger partial charge >= 0.3 is 5.69 Å². The number of nitrogens with one attached hydrogen (secondary N) is 1. The highest BCUT2D eigenvalue weighted by Gasteiger charge is 2.19. The number of aryl methyl sites for hydroxylation is 2. The number of thiazole rings is 1. The third-order valence-electron chi connectivity index (χ3n) is 5.56. The van der Waals surface area contributed by atoms with Crippen LogP contribution in [0.15, 0.2) is 21.3 Å². The first-order valence-corrected chi connectivity index (χ1v) is 10.8. The first-order valence-electron chi connectivity index (χ1n) is 9.91. The number of piperidine rings is 1. The van der Waals surface area contributed by atoms with Gasteiger partial charge in [0.05, 0.1) is 12.0 Å². The van der Waals surface area contributed by atoms with E-state index in [0.29, 0.717) is 10.8 Å². The van der Waals surface area contributed by atoms with Crippen molar-refractivity contribution in [3.05, 3.63) is 38.2 Å². The second kappa shape index (κ2) is 8.15. The van der Waals surface area contributed by atoms with Crippen molar-refractivity contribution < 1.29 is 4.79 Å². The number of aromatic nitrogens is 5. The predicted octanol–water partition coefficient (Wildman–Crippen LogP) is 0.761. The molecular formula is C19H25N7O3S. The van der Waals surface area contributed by atoms with E-state index in [2.05, 4.69) is 27.1 Å². The number of nitrogens with zero attached hydrogens (tertiary/aromatic N) is 6. The normalized spacial score (nSPS) is 15.7. The van der Waals surface area contributed by atoms with Gasteiger partial charge in [-0.25, -0.2) is 19.3 Å². The molecule has 0 bridgehead atoms. The Morgan fingerprint density at radius 1 is 1.27 bits per heavy atom. The average molecular weight is 432 g/mol. The Hall–Kier alpha value is -2.79. The molecule has 0 aliphatic carbocycles. The third kappa shape index (κ3) is 3.94. The maximum atomic E-state index is 12.7. The van der Waals surface area contributed by atoms with E-state index in [9.17, 15) is 14.4 Å². The van der Waals surface area contributed by atoms with E-state index in [-0.39, 0.29) is 12.1 Å². The Morgan fingerprint density at radius 3 is 2.73 bits per heavy atom. The van der Waals surface area contributed by atoms with E-state index in [4.69, 9.17) is 0 Å². The quantitative estimate of drug-likeness (QED) is 0.639. The van der Waals surface area contributed by atoms with Crippen LogP contribution in [0.5, 0.6) is 0 Å². The van der Waals surface area contributed by atoms with Crippen molar-refractivity contribution in [2.75, 3.05) is 18.4 Å². The van der Waals surface area contributed by atoms with E-state index in [0.717, 1.165) is 35.8 Å². The minimum absolute atomic E-state index is 0.275. The van der Waals surface area contributed by atoms with Crippen molar-refractivity contribution >= 4 is 33.5 Å². The monoisotopic (exact) mass is 431 g/mol. The van der Waals surface area contributed by atoms with Gasteiger partial charge in [0.15, 0.2) is 16.3 Å². The summed E-state index contributed by atoms with van der Waals surface area (Å²) in [6, 6.07) is 0. The van der Waals surface area contributed by atoms with Crippen LogP contribution in [0, 0.1) is 5.92 Å². The number of anilines is 1. The summed E-state index contributed by atoms with van der Waals surface area (Å²) < 4.78 is 3.73. The van der Waals surface area contributed by atoms with Crippen LogP contribution >= 0.6 is 11.3 Å². The second-order valence-electron chi connectivity index (χ2n) is 7.91. The van der Waals surface area contributed by atoms with Crippen LogP contribution in [0.3, 0.4) is 0 Å². The fraction of sp³-hybridized carbons (Fsp3) is 0.526. The van der Waals surface area contributed by atoms with E-state index in [1.54, 1.807) is 11.6 Å². The molecule has 160 valence electrons. The molecule has 0 radical (unpaired) electrons. The minimum Gasteiger partial charge on any atom is -0.328 e. The Kier molecular flexibility index (Phi) is 5.56. The highest BCUT2D eigenvalue weighted by atomic mass is 32.1. The van der Waals surface area contributed by atoms with E-state index >= 15 is 0 Å². The molecular weight excluding hydrogens is 406 g/mol. The zero-order chi connectivity index (χ0) is 21.4. The van der Waals surface area contributed by atoms with Gasteiger partial charge in [-0.3, -0.25) is 19.1 Å². The smallest absolute Gasteiger partial charge is 0.328 e. The van der Waals surface area contributed by atoms with Crippen LogP contribution in [-0.2, 0) is 32.0 Å². The molecule has 0 unspecified atom stereocenters. The molecule has 10 nitrogen and oxygen atoms in total. The maximum Gasteiger partial charge on any atom is 0.332 e. The van der Waals surface area contributed by atoms with E-state index in [1.807, 2.05) is 5.38 Å². The van der Waals surface area contributed by atoms with Crippen molar-refractivity contribution in [3.8, 4) is 0 Å². The van der Waals surface area contributed by atoms with Gasteiger partial charge in [0.2, 0.25) is 5.91 Å². The fourth-order valence-electron chi connectivity index (χ4n) is 3.72. The summed E-state index contributed by atoms with van der Waals surface area (Å²) in [5.74, 6) is 0.302. The Labute approximate surface area is 176 Å². The van der Waals surface area contributed by atoms with Gasteiger partial charge < -0.3 is 9.88 Å². The molecule has 0 spiro atoms. The molecule has 4 rings (SSSR count). The summed E-state index contributed by atoms with van der Waals surface area (Å²) >= 11 is 1.34. The molecule has 1 amide bonds. The van der Waals surface area contributed by atoms with E-state index in [1.165, 1.54) is 42.1 Å². The van der Waals surface area contributed by atoms with Crippen LogP contribution in [0.2, 0.25) is 0 Å². The summed E-state index contributed by atoms with van der Waals surface area (Å²) in [6.07, 6.45) is 3.85. The van der Waals surface area contributed by atoms with Crippen molar-refractivity contribution in [2.45, 2.75) is 32.9 Å². The van der Waals surface area contributed by atoms with Crippen LogP contribution in [0.25, 0.3) is 11.2 Å². The van der Waals surface area contributed by atoms with Gasteiger partial charge in [-0.15, -0.1) is 11.3 Å². The molecule has 30 heavy (non-hydrogen) atoms. The fourth-order valence-corrected chi connectivity index (χ4v) is 4.44. The van der Waals surface area contributed by atoms with Crippen LogP contribution in [0.1, 0.15) is 25.5 Å². The van der Waals surface area contributed by atoms with Crippen molar-refractivity contribution in [3.63, 3.8) is 0 Å². The van der Waals surface area contributed by atoms with Crippen molar-refractivity contribution in [2.24, 2.45) is 20.0 Å². The largest absolute Gasteiger partial charge is 0.332 e. The van der Waals surface area contributed by atoms with Crippen LogP contribution in [0.4, 0.5) is 5.13 Å². The average Bonchev–Trinajstić information content (AvgIpc) is 3.31. The van der Waals surface area contributed by atoms with Crippen LogP contribution < -0.4 is 16.6 Å². The zero-order valence-corrected chi connectivity index (χ0v) is 18.1. The molecule has 0 saturated carbocycles. The Morgan fingerprint density at radius 2 is 2.00 bits per heavy atom.